The summed E-state index contributed by atoms with van der Waals surface area (Å²) >= 11 is 0. The summed E-state index contributed by atoms with van der Waals surface area (Å²) in [6, 6.07) is 6.39. The van der Waals surface area contributed by atoms with Gasteiger partial charge in [0, 0.05) is 18.0 Å². The fourth-order valence-corrected chi connectivity index (χ4v) is 2.87. The minimum absolute atomic E-state index is 0.0333. The van der Waals surface area contributed by atoms with Crippen molar-refractivity contribution in [3.05, 3.63) is 46.0 Å². The monoisotopic (exact) mass is 260 g/mol. The second-order valence-electron chi connectivity index (χ2n) is 5.30. The minimum Gasteiger partial charge on any atom is -0.316 e. The smallest absolute Gasteiger partial charge is 0.253 e. The Bertz CT molecular complexity index is 672. The van der Waals surface area contributed by atoms with E-state index in [4.69, 9.17) is 0 Å². The average Bonchev–Trinajstić information content (AvgIpc) is 2.88. The lowest BCUT2D eigenvalue weighted by Crippen LogP contribution is -2.23. The number of nitrogens with zero attached hydrogens (tertiary/aromatic N) is 1. The van der Waals surface area contributed by atoms with Gasteiger partial charge in [-0.25, -0.2) is 4.39 Å². The van der Waals surface area contributed by atoms with Crippen molar-refractivity contribution in [3.63, 3.8) is 0 Å². The molecular weight excluding hydrogens is 243 g/mol. The highest BCUT2D eigenvalue weighted by molar-refractivity contribution is 5.79. The molecule has 1 aromatic carbocycles. The maximum absolute atomic E-state index is 13.3. The lowest BCUT2D eigenvalue weighted by Gasteiger charge is -2.11. The molecule has 1 aliphatic rings. The predicted molar refractivity (Wildman–Crippen MR) is 73.8 cm³/mol. The quantitative estimate of drug-likeness (QED) is 0.894. The molecule has 0 spiro atoms. The normalized spacial score (nSPS) is 19.2. The molecule has 19 heavy (non-hydrogen) atoms. The number of nitrogens with one attached hydrogen (secondary N) is 1. The fraction of sp³-hybridized carbons (Fsp3) is 0.400. The van der Waals surface area contributed by atoms with E-state index in [1.54, 1.807) is 17.7 Å². The molecule has 4 heteroatoms. The first-order chi connectivity index (χ1) is 9.15. The highest BCUT2D eigenvalue weighted by Gasteiger charge is 2.17. The van der Waals surface area contributed by atoms with Crippen LogP contribution in [0.1, 0.15) is 12.0 Å². The Kier molecular flexibility index (Phi) is 3.11. The molecule has 1 aliphatic heterocycles. The molecule has 1 unspecified atom stereocenters. The molecule has 3 nitrogen and oxygen atoms in total. The third-order valence-electron chi connectivity index (χ3n) is 3.93. The Hall–Kier alpha value is -1.68. The molecule has 1 N–H and O–H groups in total. The van der Waals surface area contributed by atoms with Gasteiger partial charge in [-0.1, -0.05) is 0 Å². The van der Waals surface area contributed by atoms with Gasteiger partial charge in [0.1, 0.15) is 5.82 Å². The van der Waals surface area contributed by atoms with Crippen molar-refractivity contribution in [2.24, 2.45) is 13.0 Å². The van der Waals surface area contributed by atoms with Crippen LogP contribution < -0.4 is 10.9 Å². The van der Waals surface area contributed by atoms with E-state index in [9.17, 15) is 9.18 Å². The molecule has 0 amide bonds. The summed E-state index contributed by atoms with van der Waals surface area (Å²) in [6.45, 7) is 1.98. The maximum atomic E-state index is 13.3. The van der Waals surface area contributed by atoms with E-state index in [1.807, 2.05) is 6.07 Å². The molecule has 0 radical (unpaired) electrons. The molecule has 2 heterocycles. The van der Waals surface area contributed by atoms with Crippen LogP contribution in [0.5, 0.6) is 0 Å². The summed E-state index contributed by atoms with van der Waals surface area (Å²) in [5.41, 5.74) is 1.60. The van der Waals surface area contributed by atoms with Gasteiger partial charge in [-0.15, -0.1) is 0 Å². The summed E-state index contributed by atoms with van der Waals surface area (Å²) in [6.07, 6.45) is 1.87. The van der Waals surface area contributed by atoms with E-state index in [-0.39, 0.29) is 11.4 Å². The number of aryl methyl sites for hydroxylation is 1. The number of aromatic nitrogens is 1. The molecule has 0 aliphatic carbocycles. The SMILES string of the molecule is Cn1c(=O)c(CC2CCNC2)cc2cc(F)ccc21. The Morgan fingerprint density at radius 2 is 2.26 bits per heavy atom. The van der Waals surface area contributed by atoms with Gasteiger partial charge in [-0.2, -0.15) is 0 Å². The zero-order valence-corrected chi connectivity index (χ0v) is 10.9. The third-order valence-corrected chi connectivity index (χ3v) is 3.93. The van der Waals surface area contributed by atoms with Crippen LogP contribution in [-0.4, -0.2) is 17.7 Å². The van der Waals surface area contributed by atoms with Crippen LogP contribution in [0.2, 0.25) is 0 Å². The lowest BCUT2D eigenvalue weighted by atomic mass is 9.98. The van der Waals surface area contributed by atoms with Crippen molar-refractivity contribution in [3.8, 4) is 0 Å². The molecule has 1 atom stereocenters. The van der Waals surface area contributed by atoms with Crippen LogP contribution in [0.15, 0.2) is 29.1 Å². The molecule has 100 valence electrons. The van der Waals surface area contributed by atoms with Gasteiger partial charge >= 0.3 is 0 Å². The summed E-state index contributed by atoms with van der Waals surface area (Å²) < 4.78 is 14.9. The summed E-state index contributed by atoms with van der Waals surface area (Å²) in [5.74, 6) is 0.248. The van der Waals surface area contributed by atoms with Crippen LogP contribution in [0, 0.1) is 11.7 Å². The third kappa shape index (κ3) is 2.28. The molecule has 1 fully saturated rings. The van der Waals surface area contributed by atoms with Crippen molar-refractivity contribution in [2.75, 3.05) is 13.1 Å². The summed E-state index contributed by atoms with van der Waals surface area (Å²) in [7, 11) is 1.75. The fourth-order valence-electron chi connectivity index (χ4n) is 2.87. The highest BCUT2D eigenvalue weighted by Crippen LogP contribution is 2.18. The summed E-state index contributed by atoms with van der Waals surface area (Å²) in [5, 5.41) is 4.10. The molecule has 2 aromatic rings. The van der Waals surface area contributed by atoms with E-state index in [0.717, 1.165) is 42.4 Å². The number of benzene rings is 1. The average molecular weight is 260 g/mol. The standard InChI is InChI=1S/C15H17FN2O/c1-18-14-3-2-13(16)8-11(14)7-12(15(18)19)6-10-4-5-17-9-10/h2-3,7-8,10,17H,4-6,9H2,1H3. The van der Waals surface area contributed by atoms with Crippen molar-refractivity contribution in [1.82, 2.24) is 9.88 Å². The van der Waals surface area contributed by atoms with Gasteiger partial charge in [0.05, 0.1) is 5.52 Å². The highest BCUT2D eigenvalue weighted by atomic mass is 19.1. The van der Waals surface area contributed by atoms with Crippen LogP contribution in [0.4, 0.5) is 4.39 Å². The first-order valence-electron chi connectivity index (χ1n) is 6.64. The Morgan fingerprint density at radius 1 is 1.42 bits per heavy atom. The molecule has 3 rings (SSSR count). The molecule has 1 aromatic heterocycles. The Labute approximate surface area is 111 Å². The number of rotatable bonds is 2. The molecule has 1 saturated heterocycles. The van der Waals surface area contributed by atoms with Crippen LogP contribution in [0.3, 0.4) is 0 Å². The van der Waals surface area contributed by atoms with Crippen molar-refractivity contribution in [2.45, 2.75) is 12.8 Å². The molecular formula is C15H17FN2O. The lowest BCUT2D eigenvalue weighted by molar-refractivity contribution is 0.575. The van der Waals surface area contributed by atoms with E-state index in [0.29, 0.717) is 5.92 Å². The second-order valence-corrected chi connectivity index (χ2v) is 5.30. The maximum Gasteiger partial charge on any atom is 0.253 e. The summed E-state index contributed by atoms with van der Waals surface area (Å²) in [4.78, 5) is 12.3. The zero-order valence-electron chi connectivity index (χ0n) is 10.9. The topological polar surface area (TPSA) is 34.0 Å². The predicted octanol–water partition coefficient (Wildman–Crippen LogP) is 1.83. The number of hydrogen-bond acceptors (Lipinski definition) is 2. The molecule has 0 saturated carbocycles. The van der Waals surface area contributed by atoms with E-state index >= 15 is 0 Å². The van der Waals surface area contributed by atoms with E-state index < -0.39 is 0 Å². The minimum atomic E-state index is -0.264. The van der Waals surface area contributed by atoms with Crippen LogP contribution >= 0.6 is 0 Å². The van der Waals surface area contributed by atoms with Crippen LogP contribution in [-0.2, 0) is 13.5 Å². The van der Waals surface area contributed by atoms with Crippen molar-refractivity contribution in [1.29, 1.82) is 0 Å². The number of pyridine rings is 1. The Morgan fingerprint density at radius 3 is 3.00 bits per heavy atom. The largest absolute Gasteiger partial charge is 0.316 e. The second kappa shape index (κ2) is 4.78. The van der Waals surface area contributed by atoms with Crippen molar-refractivity contribution >= 4 is 10.9 Å². The zero-order chi connectivity index (χ0) is 13.4. The number of hydrogen-bond donors (Lipinski definition) is 1. The first kappa shape index (κ1) is 12.4. The molecule has 0 bridgehead atoms. The van der Waals surface area contributed by atoms with Gasteiger partial charge in [0.15, 0.2) is 0 Å². The van der Waals surface area contributed by atoms with Gasteiger partial charge in [-0.05, 0) is 56.1 Å². The number of halogens is 1. The van der Waals surface area contributed by atoms with Crippen molar-refractivity contribution < 1.29 is 4.39 Å². The number of fused-ring (bicyclic) bond motifs is 1. The van der Waals surface area contributed by atoms with E-state index in [2.05, 4.69) is 5.32 Å². The van der Waals surface area contributed by atoms with Gasteiger partial charge in [-0.3, -0.25) is 4.79 Å². The van der Waals surface area contributed by atoms with Gasteiger partial charge in [0.25, 0.3) is 5.56 Å². The van der Waals surface area contributed by atoms with Gasteiger partial charge in [0.2, 0.25) is 0 Å². The van der Waals surface area contributed by atoms with Crippen LogP contribution in [0.25, 0.3) is 10.9 Å². The first-order valence-corrected chi connectivity index (χ1v) is 6.64. The Balaban J connectivity index is 2.08. The van der Waals surface area contributed by atoms with E-state index in [1.165, 1.54) is 12.1 Å². The van der Waals surface area contributed by atoms with Gasteiger partial charge < -0.3 is 9.88 Å².